The topological polar surface area (TPSA) is 92.9 Å². The Morgan fingerprint density at radius 3 is 2.64 bits per heavy atom. The van der Waals surface area contributed by atoms with Gasteiger partial charge in [-0.2, -0.15) is 0 Å². The standard InChI is InChI=1S/C20H16N8/c1-21-19-14-11-23-17(25-16-6-2-4-8-22-16)10-13(14)15(12-24-19)20-26-18-7-3-5-9-28(18)27-20/h2-12H,1H3,(H,21,24)(H,22,23,25). The molecule has 5 heterocycles. The average molecular weight is 368 g/mol. The summed E-state index contributed by atoms with van der Waals surface area (Å²) in [7, 11) is 1.84. The lowest BCUT2D eigenvalue weighted by Gasteiger charge is -2.10. The van der Waals surface area contributed by atoms with Gasteiger partial charge in [-0.1, -0.05) is 12.1 Å². The summed E-state index contributed by atoms with van der Waals surface area (Å²) < 4.78 is 1.75. The van der Waals surface area contributed by atoms with Crippen molar-refractivity contribution in [2.75, 3.05) is 17.7 Å². The van der Waals surface area contributed by atoms with E-state index in [2.05, 4.69) is 35.7 Å². The van der Waals surface area contributed by atoms with Crippen molar-refractivity contribution in [3.8, 4) is 11.4 Å². The van der Waals surface area contributed by atoms with E-state index in [1.165, 1.54) is 0 Å². The van der Waals surface area contributed by atoms with E-state index >= 15 is 0 Å². The van der Waals surface area contributed by atoms with Crippen LogP contribution in [0.2, 0.25) is 0 Å². The molecule has 0 aliphatic rings. The second-order valence-corrected chi connectivity index (χ2v) is 6.16. The van der Waals surface area contributed by atoms with Crippen LogP contribution in [0.1, 0.15) is 0 Å². The van der Waals surface area contributed by atoms with Crippen molar-refractivity contribution in [2.45, 2.75) is 0 Å². The highest BCUT2D eigenvalue weighted by atomic mass is 15.3. The molecule has 8 heteroatoms. The van der Waals surface area contributed by atoms with Crippen molar-refractivity contribution in [3.05, 3.63) is 67.3 Å². The lowest BCUT2D eigenvalue weighted by molar-refractivity contribution is 0.966. The highest BCUT2D eigenvalue weighted by molar-refractivity contribution is 6.01. The summed E-state index contributed by atoms with van der Waals surface area (Å²) in [6, 6.07) is 13.4. The fourth-order valence-corrected chi connectivity index (χ4v) is 3.09. The Hall–Kier alpha value is -4.07. The van der Waals surface area contributed by atoms with E-state index in [4.69, 9.17) is 0 Å². The molecule has 0 aliphatic carbocycles. The third kappa shape index (κ3) is 2.77. The number of hydrogen-bond acceptors (Lipinski definition) is 7. The minimum Gasteiger partial charge on any atom is -0.373 e. The summed E-state index contributed by atoms with van der Waals surface area (Å²) >= 11 is 0. The van der Waals surface area contributed by atoms with E-state index in [-0.39, 0.29) is 0 Å². The minimum absolute atomic E-state index is 0.612. The second-order valence-electron chi connectivity index (χ2n) is 6.16. The molecule has 0 atom stereocenters. The first-order valence-corrected chi connectivity index (χ1v) is 8.78. The molecule has 0 bridgehead atoms. The number of nitrogens with one attached hydrogen (secondary N) is 2. The third-order valence-corrected chi connectivity index (χ3v) is 4.41. The van der Waals surface area contributed by atoms with Gasteiger partial charge in [-0.25, -0.2) is 24.5 Å². The molecule has 0 amide bonds. The fraction of sp³-hybridized carbons (Fsp3) is 0.0500. The zero-order valence-corrected chi connectivity index (χ0v) is 15.0. The summed E-state index contributed by atoms with van der Waals surface area (Å²) in [5.41, 5.74) is 1.62. The first-order chi connectivity index (χ1) is 13.8. The van der Waals surface area contributed by atoms with Gasteiger partial charge in [-0.3, -0.25) is 0 Å². The Bertz CT molecular complexity index is 1250. The predicted octanol–water partition coefficient (Wildman–Crippen LogP) is 3.52. The van der Waals surface area contributed by atoms with Crippen LogP contribution in [-0.4, -0.2) is 36.6 Å². The maximum atomic E-state index is 4.64. The van der Waals surface area contributed by atoms with Gasteiger partial charge in [0.05, 0.1) is 0 Å². The molecule has 136 valence electrons. The molecule has 0 aliphatic heterocycles. The summed E-state index contributed by atoms with van der Waals surface area (Å²) in [5.74, 6) is 2.77. The molecule has 0 radical (unpaired) electrons. The Kier molecular flexibility index (Phi) is 3.79. The first-order valence-electron chi connectivity index (χ1n) is 8.78. The SMILES string of the molecule is CNc1ncc(-c2nc3ccccn3n2)c2cc(Nc3ccccn3)ncc12. The number of aromatic nitrogens is 6. The average Bonchev–Trinajstić information content (AvgIpc) is 3.17. The van der Waals surface area contributed by atoms with Gasteiger partial charge < -0.3 is 10.6 Å². The Labute approximate surface area is 160 Å². The van der Waals surface area contributed by atoms with E-state index in [9.17, 15) is 0 Å². The summed E-state index contributed by atoms with van der Waals surface area (Å²) in [6.45, 7) is 0. The van der Waals surface area contributed by atoms with Gasteiger partial charge >= 0.3 is 0 Å². The van der Waals surface area contributed by atoms with E-state index < -0.39 is 0 Å². The van der Waals surface area contributed by atoms with Crippen LogP contribution in [0.25, 0.3) is 27.8 Å². The largest absolute Gasteiger partial charge is 0.373 e. The molecule has 5 aromatic heterocycles. The summed E-state index contributed by atoms with van der Waals surface area (Å²) in [6.07, 6.45) is 7.18. The molecule has 0 saturated carbocycles. The van der Waals surface area contributed by atoms with Crippen molar-refractivity contribution < 1.29 is 0 Å². The molecule has 28 heavy (non-hydrogen) atoms. The lowest BCUT2D eigenvalue weighted by atomic mass is 10.1. The van der Waals surface area contributed by atoms with Crippen LogP contribution in [0.5, 0.6) is 0 Å². The van der Waals surface area contributed by atoms with Crippen LogP contribution in [0, 0.1) is 0 Å². The minimum atomic E-state index is 0.612. The Balaban J connectivity index is 1.68. The van der Waals surface area contributed by atoms with Gasteiger partial charge in [0, 0.05) is 48.2 Å². The van der Waals surface area contributed by atoms with Crippen LogP contribution >= 0.6 is 0 Å². The third-order valence-electron chi connectivity index (χ3n) is 4.41. The van der Waals surface area contributed by atoms with E-state index in [1.807, 2.05) is 55.7 Å². The highest BCUT2D eigenvalue weighted by Gasteiger charge is 2.14. The van der Waals surface area contributed by atoms with Crippen molar-refractivity contribution in [1.29, 1.82) is 0 Å². The molecule has 0 fully saturated rings. The molecule has 0 spiro atoms. The zero-order valence-electron chi connectivity index (χ0n) is 15.0. The van der Waals surface area contributed by atoms with E-state index in [0.717, 1.165) is 33.6 Å². The van der Waals surface area contributed by atoms with Gasteiger partial charge in [-0.15, -0.1) is 5.10 Å². The van der Waals surface area contributed by atoms with Crippen LogP contribution in [0.3, 0.4) is 0 Å². The smallest absolute Gasteiger partial charge is 0.184 e. The molecule has 5 rings (SSSR count). The van der Waals surface area contributed by atoms with Crippen molar-refractivity contribution in [3.63, 3.8) is 0 Å². The van der Waals surface area contributed by atoms with Gasteiger partial charge in [-0.05, 0) is 30.3 Å². The summed E-state index contributed by atoms with van der Waals surface area (Å²) in [4.78, 5) is 18.0. The Morgan fingerprint density at radius 1 is 0.893 bits per heavy atom. The molecular weight excluding hydrogens is 352 g/mol. The highest BCUT2D eigenvalue weighted by Crippen LogP contribution is 2.31. The monoisotopic (exact) mass is 368 g/mol. The molecule has 0 aromatic carbocycles. The normalized spacial score (nSPS) is 11.0. The molecule has 0 saturated heterocycles. The van der Waals surface area contributed by atoms with E-state index in [1.54, 1.807) is 23.1 Å². The zero-order chi connectivity index (χ0) is 18.9. The van der Waals surface area contributed by atoms with Crippen LogP contribution < -0.4 is 10.6 Å². The van der Waals surface area contributed by atoms with Crippen molar-refractivity contribution in [1.82, 2.24) is 29.5 Å². The number of rotatable bonds is 4. The lowest BCUT2D eigenvalue weighted by Crippen LogP contribution is -1.99. The van der Waals surface area contributed by atoms with E-state index in [0.29, 0.717) is 11.6 Å². The molecule has 5 aromatic rings. The van der Waals surface area contributed by atoms with Gasteiger partial charge in [0.2, 0.25) is 0 Å². The second kappa shape index (κ2) is 6.58. The predicted molar refractivity (Wildman–Crippen MR) is 109 cm³/mol. The number of fused-ring (bicyclic) bond motifs is 2. The number of pyridine rings is 4. The fourth-order valence-electron chi connectivity index (χ4n) is 3.09. The maximum absolute atomic E-state index is 4.64. The number of nitrogens with zero attached hydrogens (tertiary/aromatic N) is 6. The van der Waals surface area contributed by atoms with Gasteiger partial charge in [0.15, 0.2) is 11.5 Å². The molecule has 0 unspecified atom stereocenters. The van der Waals surface area contributed by atoms with Crippen LogP contribution in [-0.2, 0) is 0 Å². The first kappa shape index (κ1) is 16.1. The Morgan fingerprint density at radius 2 is 1.82 bits per heavy atom. The maximum Gasteiger partial charge on any atom is 0.184 e. The van der Waals surface area contributed by atoms with Gasteiger partial charge in [0.25, 0.3) is 0 Å². The number of hydrogen-bond donors (Lipinski definition) is 2. The quantitative estimate of drug-likeness (QED) is 0.501. The molecule has 2 N–H and O–H groups in total. The van der Waals surface area contributed by atoms with Crippen molar-refractivity contribution in [2.24, 2.45) is 0 Å². The van der Waals surface area contributed by atoms with Crippen LogP contribution in [0.4, 0.5) is 17.5 Å². The molecule has 8 nitrogen and oxygen atoms in total. The summed E-state index contributed by atoms with van der Waals surface area (Å²) in [5, 5.41) is 12.8. The van der Waals surface area contributed by atoms with Crippen LogP contribution in [0.15, 0.2) is 67.3 Å². The molecular formula is C20H16N8. The number of anilines is 3. The van der Waals surface area contributed by atoms with Crippen molar-refractivity contribution >= 4 is 33.9 Å². The van der Waals surface area contributed by atoms with Gasteiger partial charge in [0.1, 0.15) is 17.5 Å².